The summed E-state index contributed by atoms with van der Waals surface area (Å²) in [4.78, 5) is 19.4. The number of carbonyl (C=O) groups is 1. The van der Waals surface area contributed by atoms with E-state index in [1.165, 1.54) is 44.5 Å². The van der Waals surface area contributed by atoms with E-state index in [0.717, 1.165) is 23.2 Å². The quantitative estimate of drug-likeness (QED) is 0.544. The Hall–Kier alpha value is -3.00. The van der Waals surface area contributed by atoms with Gasteiger partial charge in [-0.1, -0.05) is 44.1 Å². The summed E-state index contributed by atoms with van der Waals surface area (Å²) >= 11 is 0. The van der Waals surface area contributed by atoms with Crippen molar-refractivity contribution in [3.63, 3.8) is 0 Å². The lowest BCUT2D eigenvalue weighted by atomic mass is 9.90. The van der Waals surface area contributed by atoms with Crippen molar-refractivity contribution in [1.82, 2.24) is 14.2 Å². The molecule has 2 heterocycles. The highest BCUT2D eigenvalue weighted by atomic mass is 32.2. The lowest BCUT2D eigenvalue weighted by molar-refractivity contribution is 0.0373. The number of pyridine rings is 1. The Balaban J connectivity index is 1.65. The summed E-state index contributed by atoms with van der Waals surface area (Å²) in [6, 6.07) is 6.04. The van der Waals surface area contributed by atoms with Crippen molar-refractivity contribution in [3.05, 3.63) is 53.5 Å². The van der Waals surface area contributed by atoms with Crippen molar-refractivity contribution < 1.29 is 27.4 Å². The summed E-state index contributed by atoms with van der Waals surface area (Å²) in [5.41, 5.74) is 0.821. The molecular weight excluding hydrogens is 521 g/mol. The number of nitrogens with zero attached hydrogens (tertiary/aromatic N) is 3. The zero-order valence-corrected chi connectivity index (χ0v) is 23.5. The molecule has 3 atom stereocenters. The van der Waals surface area contributed by atoms with Gasteiger partial charge in [-0.2, -0.15) is 4.31 Å². The van der Waals surface area contributed by atoms with E-state index in [1.54, 1.807) is 24.1 Å². The molecule has 0 spiro atoms. The zero-order valence-electron chi connectivity index (χ0n) is 22.6. The van der Waals surface area contributed by atoms with Crippen LogP contribution in [0.5, 0.6) is 5.88 Å². The van der Waals surface area contributed by atoms with Crippen molar-refractivity contribution in [2.24, 2.45) is 11.8 Å². The Bertz CT molecular complexity index is 1350. The number of fused-ring (bicyclic) bond motifs is 1. The minimum absolute atomic E-state index is 0.0556. The second-order valence-electron chi connectivity index (χ2n) is 10.5. The van der Waals surface area contributed by atoms with Gasteiger partial charge in [0.1, 0.15) is 17.5 Å². The number of rotatable bonds is 6. The van der Waals surface area contributed by atoms with Gasteiger partial charge in [0.15, 0.2) is 0 Å². The minimum Gasteiger partial charge on any atom is -0.472 e. The number of sulfonamides is 1. The fraction of sp³-hybridized carbons (Fsp3) is 0.517. The number of halogens is 1. The SMILES string of the molecule is C[C@@H]1CN([C@H](C)CO)C(=O)c2cc(C#CC3CCCCC3)cnc2O[C@H]1CN(C)S(=O)(=O)c1cccc(F)c1. The third kappa shape index (κ3) is 6.78. The number of aliphatic hydroxyl groups is 1. The molecule has 1 aliphatic carbocycles. The molecule has 1 aliphatic heterocycles. The molecule has 1 aromatic carbocycles. The van der Waals surface area contributed by atoms with E-state index < -0.39 is 28.0 Å². The zero-order chi connectivity index (χ0) is 28.2. The second-order valence-corrected chi connectivity index (χ2v) is 12.6. The van der Waals surface area contributed by atoms with E-state index in [9.17, 15) is 22.7 Å². The van der Waals surface area contributed by atoms with Gasteiger partial charge < -0.3 is 14.7 Å². The molecule has 1 N–H and O–H groups in total. The Labute approximate surface area is 230 Å². The molecule has 10 heteroatoms. The van der Waals surface area contributed by atoms with E-state index >= 15 is 0 Å². The third-order valence-electron chi connectivity index (χ3n) is 7.49. The number of aliphatic hydroxyl groups excluding tert-OH is 1. The Morgan fingerprint density at radius 3 is 2.69 bits per heavy atom. The molecular formula is C29H36FN3O5S. The molecule has 0 radical (unpaired) electrons. The number of benzene rings is 1. The van der Waals surface area contributed by atoms with Gasteiger partial charge in [-0.05, 0) is 44.0 Å². The molecule has 1 saturated carbocycles. The van der Waals surface area contributed by atoms with Crippen LogP contribution in [0, 0.1) is 29.5 Å². The summed E-state index contributed by atoms with van der Waals surface area (Å²) in [5.74, 6) is 5.62. The number of aromatic nitrogens is 1. The Morgan fingerprint density at radius 1 is 1.26 bits per heavy atom. The summed E-state index contributed by atoms with van der Waals surface area (Å²) in [6.45, 7) is 3.55. The van der Waals surface area contributed by atoms with E-state index in [2.05, 4.69) is 16.8 Å². The number of carbonyl (C=O) groups excluding carboxylic acids is 1. The van der Waals surface area contributed by atoms with Crippen LogP contribution >= 0.6 is 0 Å². The Kier molecular flexibility index (Phi) is 9.26. The third-order valence-corrected chi connectivity index (χ3v) is 9.31. The predicted molar refractivity (Wildman–Crippen MR) is 145 cm³/mol. The first-order valence-electron chi connectivity index (χ1n) is 13.4. The maximum atomic E-state index is 13.7. The summed E-state index contributed by atoms with van der Waals surface area (Å²) < 4.78 is 47.4. The fourth-order valence-corrected chi connectivity index (χ4v) is 6.19. The first-order chi connectivity index (χ1) is 18.6. The van der Waals surface area contributed by atoms with Gasteiger partial charge in [0, 0.05) is 37.2 Å². The number of amides is 1. The van der Waals surface area contributed by atoms with Crippen molar-refractivity contribution in [1.29, 1.82) is 0 Å². The van der Waals surface area contributed by atoms with E-state index in [4.69, 9.17) is 4.74 Å². The van der Waals surface area contributed by atoms with Gasteiger partial charge in [0.2, 0.25) is 15.9 Å². The van der Waals surface area contributed by atoms with Crippen LogP contribution in [0.4, 0.5) is 4.39 Å². The molecule has 2 aliphatic rings. The monoisotopic (exact) mass is 557 g/mol. The highest BCUT2D eigenvalue weighted by molar-refractivity contribution is 7.89. The lowest BCUT2D eigenvalue weighted by Gasteiger charge is -2.37. The van der Waals surface area contributed by atoms with Gasteiger partial charge >= 0.3 is 0 Å². The van der Waals surface area contributed by atoms with Gasteiger partial charge in [0.25, 0.3) is 5.91 Å². The first-order valence-corrected chi connectivity index (χ1v) is 14.9. The second kappa shape index (κ2) is 12.5. The molecule has 2 aromatic rings. The summed E-state index contributed by atoms with van der Waals surface area (Å²) in [5, 5.41) is 9.87. The fourth-order valence-electron chi connectivity index (χ4n) is 4.98. The lowest BCUT2D eigenvalue weighted by Crippen LogP contribution is -2.50. The number of likely N-dealkylation sites (N-methyl/N-ethyl adjacent to an activating group) is 1. The van der Waals surface area contributed by atoms with Crippen molar-refractivity contribution >= 4 is 15.9 Å². The highest BCUT2D eigenvalue weighted by Crippen LogP contribution is 2.29. The van der Waals surface area contributed by atoms with E-state index in [1.807, 2.05) is 6.92 Å². The van der Waals surface area contributed by atoms with E-state index in [0.29, 0.717) is 11.5 Å². The maximum absolute atomic E-state index is 13.7. The molecule has 0 saturated heterocycles. The minimum atomic E-state index is -4.00. The normalized spacial score (nSPS) is 21.3. The van der Waals surface area contributed by atoms with E-state index in [-0.39, 0.29) is 47.9 Å². The van der Waals surface area contributed by atoms with Crippen LogP contribution < -0.4 is 4.74 Å². The molecule has 1 amide bonds. The maximum Gasteiger partial charge on any atom is 0.259 e. The average Bonchev–Trinajstić information content (AvgIpc) is 2.93. The van der Waals surface area contributed by atoms with Crippen LogP contribution in [-0.2, 0) is 10.0 Å². The molecule has 0 unspecified atom stereocenters. The molecule has 0 bridgehead atoms. The number of hydrogen-bond donors (Lipinski definition) is 1. The predicted octanol–water partition coefficient (Wildman–Crippen LogP) is 3.69. The smallest absolute Gasteiger partial charge is 0.259 e. The Morgan fingerprint density at radius 2 is 2.00 bits per heavy atom. The molecule has 1 fully saturated rings. The van der Waals surface area contributed by atoms with Gasteiger partial charge in [-0.25, -0.2) is 17.8 Å². The average molecular weight is 558 g/mol. The van der Waals surface area contributed by atoms with Gasteiger partial charge in [0.05, 0.1) is 24.1 Å². The molecule has 1 aromatic heterocycles. The topological polar surface area (TPSA) is 100 Å². The van der Waals surface area contributed by atoms with Gasteiger partial charge in [-0.15, -0.1) is 0 Å². The largest absolute Gasteiger partial charge is 0.472 e. The summed E-state index contributed by atoms with van der Waals surface area (Å²) in [6.07, 6.45) is 6.61. The molecule has 4 rings (SSSR count). The number of ether oxygens (including phenoxy) is 1. The van der Waals surface area contributed by atoms with Crippen molar-refractivity contribution in [2.45, 2.75) is 63.0 Å². The van der Waals surface area contributed by atoms with Crippen LogP contribution in [0.25, 0.3) is 0 Å². The van der Waals surface area contributed by atoms with Crippen molar-refractivity contribution in [3.8, 4) is 17.7 Å². The number of hydrogen-bond acceptors (Lipinski definition) is 6. The van der Waals surface area contributed by atoms with Crippen LogP contribution in [0.2, 0.25) is 0 Å². The molecule has 210 valence electrons. The van der Waals surface area contributed by atoms with Crippen molar-refractivity contribution in [2.75, 3.05) is 26.7 Å². The molecule has 8 nitrogen and oxygen atoms in total. The van der Waals surface area contributed by atoms with Crippen LogP contribution in [-0.4, -0.2) is 72.5 Å². The molecule has 39 heavy (non-hydrogen) atoms. The summed E-state index contributed by atoms with van der Waals surface area (Å²) in [7, 11) is -2.59. The van der Waals surface area contributed by atoms with Gasteiger partial charge in [-0.3, -0.25) is 4.79 Å². The standard InChI is InChI=1S/C29H36FN3O5S/c1-20-17-33(21(2)19-34)29(35)26-14-23(13-12-22-8-5-4-6-9-22)16-31-28(26)38-27(20)18-32(3)39(36,37)25-11-7-10-24(30)15-25/h7,10-11,14-16,20-22,27,34H,4-6,8-9,17-19H2,1-3H3/t20-,21-,27+/m1/s1. The highest BCUT2D eigenvalue weighted by Gasteiger charge is 2.36. The van der Waals surface area contributed by atoms with Crippen LogP contribution in [0.1, 0.15) is 61.9 Å². The van der Waals surface area contributed by atoms with Crippen LogP contribution in [0.3, 0.4) is 0 Å². The first kappa shape index (κ1) is 29.0. The van der Waals surface area contributed by atoms with Crippen LogP contribution in [0.15, 0.2) is 41.4 Å².